The van der Waals surface area contributed by atoms with Crippen molar-refractivity contribution < 1.29 is 28.2 Å². The molecule has 0 aliphatic heterocycles. The Hall–Kier alpha value is -4.08. The van der Waals surface area contributed by atoms with Crippen molar-refractivity contribution in [1.82, 2.24) is 9.78 Å². The number of carbonyl (C=O) groups excluding carboxylic acids is 2. The highest BCUT2D eigenvalue weighted by molar-refractivity contribution is 6.01. The fourth-order valence-electron chi connectivity index (χ4n) is 2.73. The number of hydrogen-bond donors (Lipinski definition) is 1. The number of methoxy groups -OCH3 is 3. The summed E-state index contributed by atoms with van der Waals surface area (Å²) in [6, 6.07) is 10.5. The smallest absolute Gasteiger partial charge is 0.446 e. The van der Waals surface area contributed by atoms with Gasteiger partial charge in [0, 0.05) is 0 Å². The predicted molar refractivity (Wildman–Crippen MR) is 105 cm³/mol. The first-order valence-corrected chi connectivity index (χ1v) is 8.75. The van der Waals surface area contributed by atoms with Crippen LogP contribution in [0.3, 0.4) is 0 Å². The van der Waals surface area contributed by atoms with Gasteiger partial charge in [-0.25, -0.2) is 14.4 Å². The molecular formula is C20H19N3O7. The molecule has 156 valence electrons. The molecule has 1 aromatic heterocycles. The fraction of sp³-hybridized carbons (Fsp3) is 0.200. The van der Waals surface area contributed by atoms with E-state index in [0.717, 1.165) is 5.56 Å². The fourth-order valence-corrected chi connectivity index (χ4v) is 2.73. The Kier molecular flexibility index (Phi) is 6.16. The summed E-state index contributed by atoms with van der Waals surface area (Å²) >= 11 is 0. The van der Waals surface area contributed by atoms with Crippen molar-refractivity contribution in [3.05, 3.63) is 70.0 Å². The molecule has 10 nitrogen and oxygen atoms in total. The van der Waals surface area contributed by atoms with Crippen LogP contribution in [0.1, 0.15) is 21.8 Å². The van der Waals surface area contributed by atoms with Crippen molar-refractivity contribution in [3.63, 3.8) is 0 Å². The van der Waals surface area contributed by atoms with E-state index in [9.17, 15) is 14.4 Å². The lowest BCUT2D eigenvalue weighted by atomic mass is 10.1. The highest BCUT2D eigenvalue weighted by Crippen LogP contribution is 2.28. The Morgan fingerprint density at radius 1 is 1.07 bits per heavy atom. The monoisotopic (exact) mass is 413 g/mol. The van der Waals surface area contributed by atoms with Gasteiger partial charge in [-0.05, 0) is 29.8 Å². The second kappa shape index (κ2) is 8.95. The highest BCUT2D eigenvalue weighted by atomic mass is 16.5. The summed E-state index contributed by atoms with van der Waals surface area (Å²) in [5.41, 5.74) is 1.04. The number of aromatic nitrogens is 2. The second-order valence-corrected chi connectivity index (χ2v) is 6.01. The van der Waals surface area contributed by atoms with E-state index in [2.05, 4.69) is 15.2 Å². The third-order valence-corrected chi connectivity index (χ3v) is 4.16. The van der Waals surface area contributed by atoms with Crippen LogP contribution in [-0.4, -0.2) is 43.1 Å². The first kappa shape index (κ1) is 20.6. The van der Waals surface area contributed by atoms with Gasteiger partial charge in [-0.1, -0.05) is 18.2 Å². The maximum atomic E-state index is 12.5. The van der Waals surface area contributed by atoms with Gasteiger partial charge in [0.25, 0.3) is 0 Å². The van der Waals surface area contributed by atoms with Crippen LogP contribution in [0, 0.1) is 0 Å². The average Bonchev–Trinajstić information content (AvgIpc) is 3.13. The van der Waals surface area contributed by atoms with E-state index in [1.807, 2.05) is 0 Å². The topological polar surface area (TPSA) is 122 Å². The Labute approximate surface area is 171 Å². The average molecular weight is 413 g/mol. The molecule has 3 aromatic rings. The third kappa shape index (κ3) is 4.32. The predicted octanol–water partition coefficient (Wildman–Crippen LogP) is 2.31. The van der Waals surface area contributed by atoms with Gasteiger partial charge in [0.2, 0.25) is 5.89 Å². The van der Waals surface area contributed by atoms with Crippen LogP contribution in [0.4, 0.5) is 10.5 Å². The summed E-state index contributed by atoms with van der Waals surface area (Å²) in [6.45, 7) is 0. The molecule has 0 atom stereocenters. The number of amides is 1. The van der Waals surface area contributed by atoms with Gasteiger partial charge in [0.1, 0.15) is 0 Å². The number of nitrogens with zero attached hydrogens (tertiary/aromatic N) is 2. The molecule has 3 rings (SSSR count). The largest absolute Gasteiger partial charge is 0.493 e. The van der Waals surface area contributed by atoms with E-state index in [0.29, 0.717) is 16.2 Å². The molecule has 0 bridgehead atoms. The molecule has 1 N–H and O–H groups in total. The number of esters is 1. The summed E-state index contributed by atoms with van der Waals surface area (Å²) < 4.78 is 20.7. The van der Waals surface area contributed by atoms with Crippen LogP contribution in [0.2, 0.25) is 0 Å². The van der Waals surface area contributed by atoms with E-state index in [1.54, 1.807) is 30.3 Å². The second-order valence-electron chi connectivity index (χ2n) is 6.01. The molecule has 0 aliphatic carbocycles. The van der Waals surface area contributed by atoms with Gasteiger partial charge in [0.15, 0.2) is 11.5 Å². The van der Waals surface area contributed by atoms with Crippen LogP contribution in [0.5, 0.6) is 11.5 Å². The van der Waals surface area contributed by atoms with Crippen LogP contribution >= 0.6 is 0 Å². The highest BCUT2D eigenvalue weighted by Gasteiger charge is 2.19. The van der Waals surface area contributed by atoms with Crippen molar-refractivity contribution >= 4 is 17.7 Å². The summed E-state index contributed by atoms with van der Waals surface area (Å²) in [5.74, 6) is -0.500. The van der Waals surface area contributed by atoms with Crippen LogP contribution in [0.15, 0.2) is 51.7 Å². The van der Waals surface area contributed by atoms with Crippen LogP contribution < -0.4 is 20.5 Å². The summed E-state index contributed by atoms with van der Waals surface area (Å²) in [7, 11) is 4.26. The van der Waals surface area contributed by atoms with Crippen LogP contribution in [0.25, 0.3) is 0 Å². The molecule has 0 radical (unpaired) electrons. The zero-order valence-corrected chi connectivity index (χ0v) is 16.5. The van der Waals surface area contributed by atoms with E-state index in [1.165, 1.54) is 33.5 Å². The minimum absolute atomic E-state index is 0.0311. The maximum Gasteiger partial charge on any atom is 0.446 e. The number of para-hydroxylation sites is 1. The van der Waals surface area contributed by atoms with Gasteiger partial charge >= 0.3 is 17.8 Å². The quantitative estimate of drug-likeness (QED) is 0.611. The number of rotatable bonds is 6. The maximum absolute atomic E-state index is 12.5. The Bertz CT molecular complexity index is 1130. The Balaban J connectivity index is 1.81. The molecule has 0 aliphatic rings. The number of anilines is 1. The molecule has 0 saturated carbocycles. The number of benzene rings is 2. The number of carbonyl (C=O) groups is 2. The van der Waals surface area contributed by atoms with Gasteiger partial charge in [-0.3, -0.25) is 0 Å². The normalized spacial score (nSPS) is 10.4. The first-order chi connectivity index (χ1) is 14.5. The lowest BCUT2D eigenvalue weighted by Gasteiger charge is -2.08. The third-order valence-electron chi connectivity index (χ3n) is 4.16. The molecule has 2 aromatic carbocycles. The number of nitrogens with one attached hydrogen (secondary N) is 1. The minimum Gasteiger partial charge on any atom is -0.493 e. The molecule has 30 heavy (non-hydrogen) atoms. The van der Waals surface area contributed by atoms with Gasteiger partial charge in [-0.2, -0.15) is 0 Å². The Morgan fingerprint density at radius 2 is 1.80 bits per heavy atom. The van der Waals surface area contributed by atoms with E-state index in [4.69, 9.17) is 13.9 Å². The number of hydrogen-bond acceptors (Lipinski definition) is 8. The number of ether oxygens (including phenoxy) is 3. The SMILES string of the molecule is COC(=O)c1ccccc1NC(=O)n1nc(Cc2ccc(OC)c(OC)c2)oc1=O. The zero-order chi connectivity index (χ0) is 21.7. The zero-order valence-electron chi connectivity index (χ0n) is 16.5. The molecule has 1 amide bonds. The molecule has 0 unspecified atom stereocenters. The lowest BCUT2D eigenvalue weighted by Crippen LogP contribution is -2.30. The molecule has 10 heteroatoms. The van der Waals surface area contributed by atoms with E-state index in [-0.39, 0.29) is 23.6 Å². The minimum atomic E-state index is -0.960. The Morgan fingerprint density at radius 3 is 2.50 bits per heavy atom. The van der Waals surface area contributed by atoms with Crippen molar-refractivity contribution in [2.75, 3.05) is 26.6 Å². The molecule has 0 fully saturated rings. The summed E-state index contributed by atoms with van der Waals surface area (Å²) in [5, 5.41) is 6.39. The standard InChI is InChI=1S/C20H19N3O7/c1-27-15-9-8-12(10-16(15)28-2)11-17-22-23(20(26)30-17)19(25)21-14-7-5-4-6-13(14)18(24)29-3/h4-10H,11H2,1-3H3,(H,21,25). The summed E-state index contributed by atoms with van der Waals surface area (Å²) in [6.07, 6.45) is 0.147. The van der Waals surface area contributed by atoms with Crippen molar-refractivity contribution in [2.45, 2.75) is 6.42 Å². The van der Waals surface area contributed by atoms with Gasteiger partial charge in [-0.15, -0.1) is 9.78 Å². The van der Waals surface area contributed by atoms with Crippen molar-refractivity contribution in [1.29, 1.82) is 0 Å². The van der Waals surface area contributed by atoms with Crippen molar-refractivity contribution in [2.24, 2.45) is 0 Å². The molecule has 0 saturated heterocycles. The van der Waals surface area contributed by atoms with E-state index < -0.39 is 17.8 Å². The van der Waals surface area contributed by atoms with Crippen LogP contribution in [-0.2, 0) is 11.2 Å². The van der Waals surface area contributed by atoms with Crippen molar-refractivity contribution in [3.8, 4) is 11.5 Å². The lowest BCUT2D eigenvalue weighted by molar-refractivity contribution is 0.0602. The molecule has 0 spiro atoms. The molecular weight excluding hydrogens is 394 g/mol. The van der Waals surface area contributed by atoms with Gasteiger partial charge in [0.05, 0.1) is 39.0 Å². The van der Waals surface area contributed by atoms with E-state index >= 15 is 0 Å². The molecule has 1 heterocycles. The first-order valence-electron chi connectivity index (χ1n) is 8.75. The summed E-state index contributed by atoms with van der Waals surface area (Å²) in [4.78, 5) is 36.4. The van der Waals surface area contributed by atoms with Gasteiger partial charge < -0.3 is 23.9 Å².